The van der Waals surface area contributed by atoms with Crippen LogP contribution in [-0.4, -0.2) is 47.0 Å². The molecule has 1 aromatic heterocycles. The van der Waals surface area contributed by atoms with Gasteiger partial charge in [-0.25, -0.2) is 22.1 Å². The maximum atomic E-state index is 13.7. The molecule has 1 rings (SSSR count). The van der Waals surface area contributed by atoms with Crippen molar-refractivity contribution in [3.8, 4) is 0 Å². The molecule has 1 heterocycles. The predicted molar refractivity (Wildman–Crippen MR) is 61.3 cm³/mol. The van der Waals surface area contributed by atoms with Gasteiger partial charge in [0.2, 0.25) is 12.5 Å². The Morgan fingerprint density at radius 1 is 0.778 bits per heavy atom. The van der Waals surface area contributed by atoms with Crippen molar-refractivity contribution in [1.82, 2.24) is 4.57 Å². The fourth-order valence-electron chi connectivity index (χ4n) is 1.86. The monoisotopic (exact) mass is 429 g/mol. The van der Waals surface area contributed by atoms with Gasteiger partial charge in [0.15, 0.2) is 6.17 Å². The minimum Gasteiger partial charge on any atom is -0.239 e. The summed E-state index contributed by atoms with van der Waals surface area (Å²) in [5.74, 6) is -28.4. The van der Waals surface area contributed by atoms with E-state index < -0.39 is 48.8 Å². The lowest BCUT2D eigenvalue weighted by Crippen LogP contribution is -2.69. The smallest absolute Gasteiger partial charge is 0.239 e. The highest BCUT2D eigenvalue weighted by Gasteiger charge is 2.85. The van der Waals surface area contributed by atoms with E-state index >= 15 is 0 Å². The maximum absolute atomic E-state index is 13.7. The molecule has 0 aliphatic carbocycles. The van der Waals surface area contributed by atoms with Crippen LogP contribution in [0.25, 0.3) is 0 Å². The zero-order chi connectivity index (χ0) is 21.6. The van der Waals surface area contributed by atoms with Crippen molar-refractivity contribution in [1.29, 1.82) is 0 Å². The first kappa shape index (κ1) is 23.3. The van der Waals surface area contributed by atoms with E-state index in [-0.39, 0.29) is 4.57 Å². The van der Waals surface area contributed by atoms with Gasteiger partial charge >= 0.3 is 30.0 Å². The molecule has 15 heteroatoms. The van der Waals surface area contributed by atoms with Gasteiger partial charge in [0.25, 0.3) is 6.43 Å². The van der Waals surface area contributed by atoms with Gasteiger partial charge in [-0.05, 0) is 0 Å². The average Bonchev–Trinajstić information content (AvgIpc) is 2.98. The molecule has 2 nitrogen and oxygen atoms in total. The van der Waals surface area contributed by atoms with Crippen LogP contribution in [0.1, 0.15) is 6.30 Å². The van der Waals surface area contributed by atoms with Crippen LogP contribution in [0.3, 0.4) is 0 Å². The Labute approximate surface area is 142 Å². The van der Waals surface area contributed by atoms with Crippen LogP contribution in [0.4, 0.5) is 57.1 Å². The predicted octanol–water partition coefficient (Wildman–Crippen LogP) is 4.26. The van der Waals surface area contributed by atoms with Crippen molar-refractivity contribution >= 4 is 0 Å². The lowest BCUT2D eigenvalue weighted by Gasteiger charge is -2.38. The zero-order valence-electron chi connectivity index (χ0n) is 12.8. The molecule has 0 bridgehead atoms. The van der Waals surface area contributed by atoms with Crippen LogP contribution < -0.4 is 4.57 Å². The summed E-state index contributed by atoms with van der Waals surface area (Å²) in [5.41, 5.74) is 0. The fourth-order valence-corrected chi connectivity index (χ4v) is 1.86. The van der Waals surface area contributed by atoms with Gasteiger partial charge in [-0.2, -0.15) is 44.1 Å². The highest BCUT2D eigenvalue weighted by atomic mass is 19.4. The van der Waals surface area contributed by atoms with Crippen LogP contribution in [0.5, 0.6) is 0 Å². The van der Waals surface area contributed by atoms with Gasteiger partial charge in [0.1, 0.15) is 12.4 Å². The van der Waals surface area contributed by atoms with Crippen molar-refractivity contribution in [3.05, 3.63) is 18.7 Å². The standard InChI is InChI=1S/C12H10F13N2/c1-26-2-3-27(4-26)8(17)10(20,21)12(24,25)11(22,23)9(18,19)6(14)5(13)7(15)16/h2-8H,1H3/q+1. The number of alkyl halides is 13. The molecule has 0 saturated heterocycles. The Hall–Kier alpha value is -1.70. The Bertz CT molecular complexity index is 641. The van der Waals surface area contributed by atoms with Gasteiger partial charge in [-0.3, -0.25) is 0 Å². The number of rotatable bonds is 8. The Morgan fingerprint density at radius 3 is 1.59 bits per heavy atom. The van der Waals surface area contributed by atoms with Crippen LogP contribution in [0.15, 0.2) is 18.7 Å². The second-order valence-corrected chi connectivity index (χ2v) is 5.44. The highest BCUT2D eigenvalue weighted by molar-refractivity contribution is 5.07. The van der Waals surface area contributed by atoms with Gasteiger partial charge in [0.05, 0.1) is 7.05 Å². The summed E-state index contributed by atoms with van der Waals surface area (Å²) < 4.78 is 171. The van der Waals surface area contributed by atoms with Crippen LogP contribution >= 0.6 is 0 Å². The third-order valence-corrected chi connectivity index (χ3v) is 3.45. The number of imidazole rings is 1. The van der Waals surface area contributed by atoms with Crippen LogP contribution in [0.2, 0.25) is 0 Å². The first-order valence-electron chi connectivity index (χ1n) is 6.67. The van der Waals surface area contributed by atoms with E-state index in [1.54, 1.807) is 0 Å². The molecule has 0 aliphatic rings. The van der Waals surface area contributed by atoms with Crippen molar-refractivity contribution in [2.24, 2.45) is 7.05 Å². The molecule has 0 radical (unpaired) electrons. The molecule has 0 saturated carbocycles. The van der Waals surface area contributed by atoms with Gasteiger partial charge in [-0.1, -0.05) is 0 Å². The molecule has 3 unspecified atom stereocenters. The first-order chi connectivity index (χ1) is 11.9. The molecule has 0 fully saturated rings. The third kappa shape index (κ3) is 3.56. The van der Waals surface area contributed by atoms with E-state index in [0.29, 0.717) is 12.5 Å². The number of nitrogens with zero attached hydrogens (tertiary/aromatic N) is 2. The molecule has 27 heavy (non-hydrogen) atoms. The fraction of sp³-hybridized carbons (Fsp3) is 0.750. The summed E-state index contributed by atoms with van der Waals surface area (Å²) in [4.78, 5) is 0. The number of aromatic nitrogens is 2. The SMILES string of the molecule is Cn1cc[n+](C(F)C(F)(F)C(F)(F)C(F)(F)C(F)(F)C(F)C(F)C(F)F)c1. The van der Waals surface area contributed by atoms with Crippen molar-refractivity contribution in [2.75, 3.05) is 0 Å². The van der Waals surface area contributed by atoms with E-state index in [0.717, 1.165) is 17.8 Å². The van der Waals surface area contributed by atoms with E-state index in [1.807, 2.05) is 0 Å². The van der Waals surface area contributed by atoms with E-state index in [2.05, 4.69) is 0 Å². The molecule has 158 valence electrons. The van der Waals surface area contributed by atoms with Crippen molar-refractivity contribution in [2.45, 2.75) is 48.8 Å². The summed E-state index contributed by atoms with van der Waals surface area (Å²) in [6.07, 6.45) is -17.5. The summed E-state index contributed by atoms with van der Waals surface area (Å²) in [6, 6.07) is 0. The largest absolute Gasteiger partial charge is 0.385 e. The maximum Gasteiger partial charge on any atom is 0.385 e. The quantitative estimate of drug-likeness (QED) is 0.432. The molecule has 0 aliphatic heterocycles. The van der Waals surface area contributed by atoms with Crippen molar-refractivity contribution < 1.29 is 61.6 Å². The normalized spacial score (nSPS) is 17.9. The lowest BCUT2D eigenvalue weighted by molar-refractivity contribution is -0.771. The minimum atomic E-state index is -7.44. The molecule has 1 aromatic rings. The lowest BCUT2D eigenvalue weighted by atomic mass is 9.93. The second kappa shape index (κ2) is 7.04. The molecule has 0 amide bonds. The zero-order valence-corrected chi connectivity index (χ0v) is 12.8. The Balaban J connectivity index is 3.35. The minimum absolute atomic E-state index is 0.358. The van der Waals surface area contributed by atoms with E-state index in [4.69, 9.17) is 0 Å². The topological polar surface area (TPSA) is 8.81 Å². The van der Waals surface area contributed by atoms with Crippen molar-refractivity contribution in [3.63, 3.8) is 0 Å². The molecule has 0 aromatic carbocycles. The van der Waals surface area contributed by atoms with Crippen LogP contribution in [0, 0.1) is 0 Å². The summed E-state index contributed by atoms with van der Waals surface area (Å²) >= 11 is 0. The molecule has 0 spiro atoms. The first-order valence-corrected chi connectivity index (χ1v) is 6.67. The van der Waals surface area contributed by atoms with Gasteiger partial charge < -0.3 is 0 Å². The molecule has 0 N–H and O–H groups in total. The Kier molecular flexibility index (Phi) is 6.08. The second-order valence-electron chi connectivity index (χ2n) is 5.44. The number of hydrogen-bond acceptors (Lipinski definition) is 0. The van der Waals surface area contributed by atoms with Gasteiger partial charge in [-0.15, -0.1) is 0 Å². The molecular formula is C12H10F13N2+. The molecule has 3 atom stereocenters. The highest BCUT2D eigenvalue weighted by Crippen LogP contribution is 2.57. The average molecular weight is 429 g/mol. The van der Waals surface area contributed by atoms with E-state index in [1.165, 1.54) is 0 Å². The Morgan fingerprint density at radius 2 is 1.22 bits per heavy atom. The number of hydrogen-bond donors (Lipinski definition) is 0. The third-order valence-electron chi connectivity index (χ3n) is 3.45. The van der Waals surface area contributed by atoms with Gasteiger partial charge in [0, 0.05) is 0 Å². The summed E-state index contributed by atoms with van der Waals surface area (Å²) in [7, 11) is 1.07. The number of halogens is 13. The van der Waals surface area contributed by atoms with E-state index in [9.17, 15) is 57.1 Å². The number of aryl methyl sites for hydroxylation is 1. The summed E-state index contributed by atoms with van der Waals surface area (Å²) in [6.45, 7) is 0. The van der Waals surface area contributed by atoms with Crippen LogP contribution in [-0.2, 0) is 7.05 Å². The molecular weight excluding hydrogens is 419 g/mol. The summed E-state index contributed by atoms with van der Waals surface area (Å²) in [5, 5.41) is 0.